The molecule has 0 radical (unpaired) electrons. The molecule has 2 aromatic heterocycles. The summed E-state index contributed by atoms with van der Waals surface area (Å²) in [5.74, 6) is 0.280. The summed E-state index contributed by atoms with van der Waals surface area (Å²) in [4.78, 5) is 7.61. The van der Waals surface area contributed by atoms with Gasteiger partial charge in [0.15, 0.2) is 12.0 Å². The largest absolute Gasteiger partial charge is 0.466 e. The fourth-order valence-electron chi connectivity index (χ4n) is 0.742. The van der Waals surface area contributed by atoms with Gasteiger partial charge in [0.05, 0.1) is 13.3 Å². The molecular formula is C6H5N5O2. The highest BCUT2D eigenvalue weighted by Gasteiger charge is 2.06. The molecule has 66 valence electrons. The molecule has 0 saturated heterocycles. The maximum atomic E-state index is 4.75. The van der Waals surface area contributed by atoms with E-state index in [1.807, 2.05) is 0 Å². The van der Waals surface area contributed by atoms with Gasteiger partial charge in [-0.15, -0.1) is 5.10 Å². The van der Waals surface area contributed by atoms with Crippen molar-refractivity contribution < 1.29 is 9.26 Å². The average molecular weight is 179 g/mol. The Hall–Kier alpha value is -2.05. The summed E-state index contributed by atoms with van der Waals surface area (Å²) in [5, 5.41) is 10.8. The lowest BCUT2D eigenvalue weighted by molar-refractivity contribution is 0.372. The van der Waals surface area contributed by atoms with Gasteiger partial charge in [-0.3, -0.25) is 0 Å². The molecule has 0 atom stereocenters. The fraction of sp³-hybridized carbons (Fsp3) is 0.167. The van der Waals surface area contributed by atoms with Crippen molar-refractivity contribution in [1.29, 1.82) is 0 Å². The van der Waals surface area contributed by atoms with E-state index in [1.54, 1.807) is 0 Å². The normalized spacial score (nSPS) is 9.92. The number of methoxy groups -OCH3 is 1. The van der Waals surface area contributed by atoms with Crippen molar-refractivity contribution in [2.75, 3.05) is 7.11 Å². The van der Waals surface area contributed by atoms with E-state index in [9.17, 15) is 0 Å². The molecule has 0 saturated carbocycles. The molecule has 0 spiro atoms. The third kappa shape index (κ3) is 1.43. The van der Waals surface area contributed by atoms with E-state index in [0.29, 0.717) is 5.69 Å². The van der Waals surface area contributed by atoms with Crippen molar-refractivity contribution >= 4 is 0 Å². The van der Waals surface area contributed by atoms with Gasteiger partial charge in [-0.1, -0.05) is 10.3 Å². The second kappa shape index (κ2) is 3.13. The Morgan fingerprint density at radius 1 is 1.31 bits per heavy atom. The second-order valence-corrected chi connectivity index (χ2v) is 2.08. The molecule has 2 aromatic rings. The van der Waals surface area contributed by atoms with Gasteiger partial charge in [-0.25, -0.2) is 0 Å². The lowest BCUT2D eigenvalue weighted by Crippen LogP contribution is -1.95. The summed E-state index contributed by atoms with van der Waals surface area (Å²) in [6.45, 7) is 0. The van der Waals surface area contributed by atoms with Crippen molar-refractivity contribution in [2.24, 2.45) is 0 Å². The minimum absolute atomic E-state index is 0.197. The smallest absolute Gasteiger partial charge is 0.335 e. The van der Waals surface area contributed by atoms with Gasteiger partial charge in [0, 0.05) is 0 Å². The van der Waals surface area contributed by atoms with Gasteiger partial charge in [0.25, 0.3) is 5.89 Å². The van der Waals surface area contributed by atoms with Crippen LogP contribution in [0.15, 0.2) is 17.0 Å². The quantitative estimate of drug-likeness (QED) is 0.637. The molecule has 0 fully saturated rings. The van der Waals surface area contributed by atoms with E-state index in [2.05, 4.69) is 25.3 Å². The monoisotopic (exact) mass is 179 g/mol. The molecule has 0 aliphatic heterocycles. The molecule has 0 N–H and O–H groups in total. The first kappa shape index (κ1) is 7.59. The van der Waals surface area contributed by atoms with E-state index in [-0.39, 0.29) is 11.9 Å². The van der Waals surface area contributed by atoms with Crippen LogP contribution < -0.4 is 4.74 Å². The fourth-order valence-corrected chi connectivity index (χ4v) is 0.742. The van der Waals surface area contributed by atoms with Crippen molar-refractivity contribution in [3.05, 3.63) is 12.5 Å². The predicted molar refractivity (Wildman–Crippen MR) is 39.7 cm³/mol. The average Bonchev–Trinajstić information content (AvgIpc) is 2.71. The minimum Gasteiger partial charge on any atom is -0.466 e. The van der Waals surface area contributed by atoms with Gasteiger partial charge in [-0.2, -0.15) is 9.97 Å². The summed E-state index contributed by atoms with van der Waals surface area (Å²) in [7, 11) is 1.46. The van der Waals surface area contributed by atoms with Crippen LogP contribution in [0, 0.1) is 0 Å². The molecule has 13 heavy (non-hydrogen) atoms. The maximum Gasteiger partial charge on any atom is 0.335 e. The van der Waals surface area contributed by atoms with Gasteiger partial charge in [0.2, 0.25) is 0 Å². The molecular weight excluding hydrogens is 174 g/mol. The zero-order chi connectivity index (χ0) is 9.10. The number of ether oxygens (including phenoxy) is 1. The van der Waals surface area contributed by atoms with Crippen LogP contribution in [0.5, 0.6) is 6.01 Å². The Morgan fingerprint density at radius 2 is 2.23 bits per heavy atom. The molecule has 0 amide bonds. The summed E-state index contributed by atoms with van der Waals surface area (Å²) >= 11 is 0. The van der Waals surface area contributed by atoms with Gasteiger partial charge in [-0.05, 0) is 0 Å². The van der Waals surface area contributed by atoms with Crippen molar-refractivity contribution in [1.82, 2.24) is 25.3 Å². The highest BCUT2D eigenvalue weighted by Crippen LogP contribution is 2.10. The van der Waals surface area contributed by atoms with Gasteiger partial charge < -0.3 is 9.26 Å². The van der Waals surface area contributed by atoms with Gasteiger partial charge >= 0.3 is 6.01 Å². The van der Waals surface area contributed by atoms with Crippen LogP contribution in [0.4, 0.5) is 0 Å². The predicted octanol–water partition coefficient (Wildman–Crippen LogP) is -0.0698. The highest BCUT2D eigenvalue weighted by molar-refractivity contribution is 5.42. The molecule has 0 bridgehead atoms. The van der Waals surface area contributed by atoms with Crippen LogP contribution in [0.2, 0.25) is 0 Å². The molecule has 2 heterocycles. The highest BCUT2D eigenvalue weighted by atomic mass is 16.5. The number of rotatable bonds is 2. The van der Waals surface area contributed by atoms with Crippen molar-refractivity contribution in [2.45, 2.75) is 0 Å². The Labute approximate surface area is 72.8 Å². The topological polar surface area (TPSA) is 86.8 Å². The minimum atomic E-state index is 0.197. The molecule has 7 nitrogen and oxygen atoms in total. The van der Waals surface area contributed by atoms with E-state index in [0.717, 1.165) is 0 Å². The number of hydrogen-bond donors (Lipinski definition) is 0. The Balaban J connectivity index is 2.33. The Morgan fingerprint density at radius 3 is 2.77 bits per heavy atom. The summed E-state index contributed by atoms with van der Waals surface area (Å²) in [6.07, 6.45) is 2.72. The number of nitrogens with zero attached hydrogens (tertiary/aromatic N) is 5. The van der Waals surface area contributed by atoms with E-state index in [4.69, 9.17) is 9.26 Å². The standard InChI is InChI=1S/C6H5N5O2/c1-12-6-7-2-4(10-11-6)5-8-3-9-13-5/h2-3H,1H3. The van der Waals surface area contributed by atoms with Crippen LogP contribution in [-0.4, -0.2) is 32.4 Å². The van der Waals surface area contributed by atoms with Crippen LogP contribution in [0.1, 0.15) is 0 Å². The molecule has 2 rings (SSSR count). The summed E-state index contributed by atoms with van der Waals surface area (Å²) in [6, 6.07) is 0.197. The first-order valence-electron chi connectivity index (χ1n) is 3.41. The van der Waals surface area contributed by atoms with Crippen LogP contribution in [-0.2, 0) is 0 Å². The molecule has 0 aromatic carbocycles. The van der Waals surface area contributed by atoms with Crippen LogP contribution in [0.3, 0.4) is 0 Å². The van der Waals surface area contributed by atoms with Crippen LogP contribution >= 0.6 is 0 Å². The molecule has 0 aliphatic carbocycles. The zero-order valence-electron chi connectivity index (χ0n) is 6.71. The Bertz CT molecular complexity index is 370. The van der Waals surface area contributed by atoms with E-state index in [1.165, 1.54) is 19.6 Å². The van der Waals surface area contributed by atoms with Crippen LogP contribution in [0.25, 0.3) is 11.6 Å². The lowest BCUT2D eigenvalue weighted by atomic mass is 10.5. The molecule has 7 heteroatoms. The van der Waals surface area contributed by atoms with Crippen molar-refractivity contribution in [3.63, 3.8) is 0 Å². The summed E-state index contributed by atoms with van der Waals surface area (Å²) < 4.78 is 9.48. The lowest BCUT2D eigenvalue weighted by Gasteiger charge is -1.94. The number of hydrogen-bond acceptors (Lipinski definition) is 7. The van der Waals surface area contributed by atoms with Crippen molar-refractivity contribution in [3.8, 4) is 17.6 Å². The summed E-state index contributed by atoms with van der Waals surface area (Å²) in [5.41, 5.74) is 0.415. The Kier molecular flexibility index (Phi) is 1.83. The van der Waals surface area contributed by atoms with E-state index >= 15 is 0 Å². The van der Waals surface area contributed by atoms with Gasteiger partial charge in [0.1, 0.15) is 0 Å². The maximum absolute atomic E-state index is 4.75. The SMILES string of the molecule is COc1ncc(-c2ncno2)nn1. The first-order valence-corrected chi connectivity index (χ1v) is 3.41. The molecule has 0 aliphatic rings. The van der Waals surface area contributed by atoms with E-state index < -0.39 is 0 Å². The number of aromatic nitrogens is 5. The molecule has 0 unspecified atom stereocenters. The second-order valence-electron chi connectivity index (χ2n) is 2.08. The third-order valence-corrected chi connectivity index (χ3v) is 1.30. The first-order chi connectivity index (χ1) is 6.40. The zero-order valence-corrected chi connectivity index (χ0v) is 6.71. The third-order valence-electron chi connectivity index (χ3n) is 1.30.